The van der Waals surface area contributed by atoms with Gasteiger partial charge in [0.25, 0.3) is 0 Å². The van der Waals surface area contributed by atoms with Gasteiger partial charge in [0.05, 0.1) is 0 Å². The first-order chi connectivity index (χ1) is 11.2. The number of hydrogen-bond donors (Lipinski definition) is 0. The standard InChI is InChI=1S/C21H28N2/c1-4-19-10-12-21(13-11-19)22-14-17(2)23(18(3)15-22)16-20-8-6-5-7-9-20/h5-13,17-18H,4,14-16H2,1-3H3. The average molecular weight is 308 g/mol. The Labute approximate surface area is 140 Å². The maximum Gasteiger partial charge on any atom is 0.0367 e. The van der Waals surface area contributed by atoms with Crippen molar-refractivity contribution < 1.29 is 0 Å². The number of benzene rings is 2. The lowest BCUT2D eigenvalue weighted by molar-refractivity contribution is 0.123. The molecule has 3 rings (SSSR count). The smallest absolute Gasteiger partial charge is 0.0367 e. The Morgan fingerprint density at radius 3 is 2.00 bits per heavy atom. The van der Waals surface area contributed by atoms with Crippen LogP contribution in [0.1, 0.15) is 31.9 Å². The summed E-state index contributed by atoms with van der Waals surface area (Å²) in [5.74, 6) is 0. The minimum atomic E-state index is 0.560. The molecule has 0 aromatic heterocycles. The normalized spacial score (nSPS) is 22.3. The average Bonchev–Trinajstić information content (AvgIpc) is 2.59. The molecule has 2 unspecified atom stereocenters. The number of anilines is 1. The minimum Gasteiger partial charge on any atom is -0.368 e. The van der Waals surface area contributed by atoms with Crippen molar-refractivity contribution >= 4 is 5.69 Å². The maximum absolute atomic E-state index is 2.63. The summed E-state index contributed by atoms with van der Waals surface area (Å²) >= 11 is 0. The second kappa shape index (κ2) is 7.18. The van der Waals surface area contributed by atoms with Crippen LogP contribution < -0.4 is 4.90 Å². The van der Waals surface area contributed by atoms with E-state index < -0.39 is 0 Å². The second-order valence-electron chi connectivity index (χ2n) is 6.78. The fraction of sp³-hybridized carbons (Fsp3) is 0.429. The van der Waals surface area contributed by atoms with Crippen LogP contribution >= 0.6 is 0 Å². The van der Waals surface area contributed by atoms with E-state index in [1.54, 1.807) is 0 Å². The molecule has 122 valence electrons. The Balaban J connectivity index is 1.68. The fourth-order valence-electron chi connectivity index (χ4n) is 3.62. The summed E-state index contributed by atoms with van der Waals surface area (Å²) in [7, 11) is 0. The van der Waals surface area contributed by atoms with Crippen molar-refractivity contribution in [2.75, 3.05) is 18.0 Å². The van der Waals surface area contributed by atoms with Gasteiger partial charge in [-0.3, -0.25) is 4.90 Å². The number of aryl methyl sites for hydroxylation is 1. The molecule has 0 radical (unpaired) electrons. The third kappa shape index (κ3) is 3.76. The zero-order valence-corrected chi connectivity index (χ0v) is 14.6. The van der Waals surface area contributed by atoms with Gasteiger partial charge in [-0.15, -0.1) is 0 Å². The molecule has 1 aliphatic heterocycles. The van der Waals surface area contributed by atoms with Gasteiger partial charge in [-0.25, -0.2) is 0 Å². The largest absolute Gasteiger partial charge is 0.368 e. The van der Waals surface area contributed by atoms with E-state index >= 15 is 0 Å². The monoisotopic (exact) mass is 308 g/mol. The van der Waals surface area contributed by atoms with Gasteiger partial charge in [-0.05, 0) is 43.5 Å². The van der Waals surface area contributed by atoms with Crippen molar-refractivity contribution in [3.63, 3.8) is 0 Å². The quantitative estimate of drug-likeness (QED) is 0.828. The zero-order valence-electron chi connectivity index (χ0n) is 14.6. The van der Waals surface area contributed by atoms with Gasteiger partial charge in [-0.1, -0.05) is 49.4 Å². The van der Waals surface area contributed by atoms with Crippen LogP contribution in [-0.2, 0) is 13.0 Å². The Kier molecular flexibility index (Phi) is 5.02. The predicted molar refractivity (Wildman–Crippen MR) is 98.9 cm³/mol. The Morgan fingerprint density at radius 2 is 1.43 bits per heavy atom. The van der Waals surface area contributed by atoms with Crippen LogP contribution in [-0.4, -0.2) is 30.1 Å². The second-order valence-corrected chi connectivity index (χ2v) is 6.78. The summed E-state index contributed by atoms with van der Waals surface area (Å²) in [5.41, 5.74) is 4.18. The van der Waals surface area contributed by atoms with Gasteiger partial charge in [0, 0.05) is 37.4 Å². The number of rotatable bonds is 4. The van der Waals surface area contributed by atoms with Crippen molar-refractivity contribution in [3.8, 4) is 0 Å². The van der Waals surface area contributed by atoms with Crippen molar-refractivity contribution in [3.05, 3.63) is 65.7 Å². The third-order valence-electron chi connectivity index (χ3n) is 5.02. The Morgan fingerprint density at radius 1 is 0.826 bits per heavy atom. The molecule has 0 aliphatic carbocycles. The van der Waals surface area contributed by atoms with E-state index in [0.717, 1.165) is 26.1 Å². The Hall–Kier alpha value is -1.80. The van der Waals surface area contributed by atoms with E-state index in [1.165, 1.54) is 16.8 Å². The first-order valence-electron chi connectivity index (χ1n) is 8.81. The van der Waals surface area contributed by atoms with Crippen LogP contribution in [0, 0.1) is 0 Å². The van der Waals surface area contributed by atoms with Crippen LogP contribution in [0.15, 0.2) is 54.6 Å². The number of nitrogens with zero attached hydrogens (tertiary/aromatic N) is 2. The lowest BCUT2D eigenvalue weighted by Crippen LogP contribution is -2.56. The lowest BCUT2D eigenvalue weighted by Gasteiger charge is -2.45. The van der Waals surface area contributed by atoms with Gasteiger partial charge in [0.15, 0.2) is 0 Å². The fourth-order valence-corrected chi connectivity index (χ4v) is 3.62. The molecule has 2 heteroatoms. The van der Waals surface area contributed by atoms with E-state index in [4.69, 9.17) is 0 Å². The summed E-state index contributed by atoms with van der Waals surface area (Å²) in [4.78, 5) is 5.17. The van der Waals surface area contributed by atoms with Crippen LogP contribution in [0.4, 0.5) is 5.69 Å². The van der Waals surface area contributed by atoms with E-state index in [1.807, 2.05) is 0 Å². The van der Waals surface area contributed by atoms with Gasteiger partial charge in [0.1, 0.15) is 0 Å². The van der Waals surface area contributed by atoms with Crippen molar-refractivity contribution in [2.45, 2.75) is 45.8 Å². The van der Waals surface area contributed by atoms with Crippen molar-refractivity contribution in [1.82, 2.24) is 4.90 Å². The van der Waals surface area contributed by atoms with Gasteiger partial charge >= 0.3 is 0 Å². The lowest BCUT2D eigenvalue weighted by atomic mass is 10.0. The van der Waals surface area contributed by atoms with Gasteiger partial charge in [0.2, 0.25) is 0 Å². The molecule has 2 atom stereocenters. The topological polar surface area (TPSA) is 6.48 Å². The molecule has 2 aromatic rings. The highest BCUT2D eigenvalue weighted by Crippen LogP contribution is 2.24. The summed E-state index contributed by atoms with van der Waals surface area (Å²) < 4.78 is 0. The molecule has 0 amide bonds. The molecule has 23 heavy (non-hydrogen) atoms. The maximum atomic E-state index is 2.63. The van der Waals surface area contributed by atoms with E-state index in [-0.39, 0.29) is 0 Å². The highest BCUT2D eigenvalue weighted by molar-refractivity contribution is 5.48. The molecule has 0 bridgehead atoms. The number of hydrogen-bond acceptors (Lipinski definition) is 2. The highest BCUT2D eigenvalue weighted by atomic mass is 15.3. The Bertz CT molecular complexity index is 593. The molecule has 1 fully saturated rings. The van der Waals surface area contributed by atoms with E-state index in [0.29, 0.717) is 12.1 Å². The van der Waals surface area contributed by atoms with E-state index in [2.05, 4.69) is 85.2 Å². The molecule has 1 aliphatic rings. The summed E-state index contributed by atoms with van der Waals surface area (Å²) in [6.07, 6.45) is 1.11. The molecule has 0 spiro atoms. The SMILES string of the molecule is CCc1ccc(N2CC(C)N(Cc3ccccc3)C(C)C2)cc1. The molecule has 2 aromatic carbocycles. The predicted octanol–water partition coefficient (Wildman–Crippen LogP) is 4.35. The zero-order chi connectivity index (χ0) is 16.2. The summed E-state index contributed by atoms with van der Waals surface area (Å²) in [5, 5.41) is 0. The van der Waals surface area contributed by atoms with Crippen molar-refractivity contribution in [1.29, 1.82) is 0 Å². The minimum absolute atomic E-state index is 0.560. The summed E-state index contributed by atoms with van der Waals surface area (Å²) in [6, 6.07) is 21.0. The highest BCUT2D eigenvalue weighted by Gasteiger charge is 2.29. The van der Waals surface area contributed by atoms with Gasteiger partial charge in [-0.2, -0.15) is 0 Å². The number of piperazine rings is 1. The third-order valence-corrected chi connectivity index (χ3v) is 5.02. The van der Waals surface area contributed by atoms with E-state index in [9.17, 15) is 0 Å². The van der Waals surface area contributed by atoms with Gasteiger partial charge < -0.3 is 4.90 Å². The molecule has 2 nitrogen and oxygen atoms in total. The van der Waals surface area contributed by atoms with Crippen LogP contribution in [0.2, 0.25) is 0 Å². The molecular formula is C21H28N2. The first-order valence-corrected chi connectivity index (χ1v) is 8.81. The summed E-state index contributed by atoms with van der Waals surface area (Å²) in [6.45, 7) is 10.2. The first kappa shape index (κ1) is 16.1. The molecule has 1 saturated heterocycles. The molecule has 1 heterocycles. The van der Waals surface area contributed by atoms with Crippen molar-refractivity contribution in [2.24, 2.45) is 0 Å². The van der Waals surface area contributed by atoms with Crippen LogP contribution in [0.3, 0.4) is 0 Å². The molecule has 0 N–H and O–H groups in total. The molecular weight excluding hydrogens is 280 g/mol. The van der Waals surface area contributed by atoms with Crippen LogP contribution in [0.5, 0.6) is 0 Å². The van der Waals surface area contributed by atoms with Crippen LogP contribution in [0.25, 0.3) is 0 Å². The molecule has 0 saturated carbocycles.